The first-order valence-electron chi connectivity index (χ1n) is 7.32. The lowest BCUT2D eigenvalue weighted by Crippen LogP contribution is -2.31. The van der Waals surface area contributed by atoms with Crippen molar-refractivity contribution in [2.45, 2.75) is 40.2 Å². The van der Waals surface area contributed by atoms with Gasteiger partial charge in [-0.2, -0.15) is 0 Å². The maximum absolute atomic E-state index is 12.0. The van der Waals surface area contributed by atoms with Gasteiger partial charge in [0.05, 0.1) is 12.2 Å². The first kappa shape index (κ1) is 15.3. The molecule has 0 saturated heterocycles. The Morgan fingerprint density at radius 1 is 1.50 bits per heavy atom. The second-order valence-corrected chi connectivity index (χ2v) is 6.81. The topological polar surface area (TPSA) is 55.6 Å². The predicted octanol–water partition coefficient (Wildman–Crippen LogP) is 2.91. The van der Waals surface area contributed by atoms with E-state index in [0.717, 1.165) is 37.5 Å². The second kappa shape index (κ2) is 6.59. The summed E-state index contributed by atoms with van der Waals surface area (Å²) < 4.78 is 5.11. The van der Waals surface area contributed by atoms with Gasteiger partial charge in [0, 0.05) is 18.0 Å². The fourth-order valence-electron chi connectivity index (χ4n) is 2.54. The summed E-state index contributed by atoms with van der Waals surface area (Å²) in [5.74, 6) is 0.457. The first-order chi connectivity index (χ1) is 9.52. The number of nitrogen functional groups attached to an aromatic ring is 1. The highest BCUT2D eigenvalue weighted by Gasteiger charge is 2.27. The molecule has 2 heterocycles. The lowest BCUT2D eigenvalue weighted by Gasteiger charge is -2.27. The van der Waals surface area contributed by atoms with E-state index in [-0.39, 0.29) is 5.97 Å². The smallest absolute Gasteiger partial charge is 0.341 e. The second-order valence-electron chi connectivity index (χ2n) is 5.67. The first-order valence-corrected chi connectivity index (χ1v) is 8.14. The molecule has 2 rings (SSSR count). The van der Waals surface area contributed by atoms with Crippen molar-refractivity contribution in [3.05, 3.63) is 16.0 Å². The number of thiophene rings is 1. The molecule has 1 aromatic heterocycles. The van der Waals surface area contributed by atoms with Crippen LogP contribution in [0.25, 0.3) is 0 Å². The molecule has 0 aromatic carbocycles. The molecule has 2 N–H and O–H groups in total. The van der Waals surface area contributed by atoms with Crippen LogP contribution >= 0.6 is 11.3 Å². The van der Waals surface area contributed by atoms with E-state index >= 15 is 0 Å². The third-order valence-electron chi connectivity index (χ3n) is 3.67. The van der Waals surface area contributed by atoms with Crippen LogP contribution in [0.5, 0.6) is 0 Å². The Kier molecular flexibility index (Phi) is 5.05. The fourth-order valence-corrected chi connectivity index (χ4v) is 3.68. The van der Waals surface area contributed by atoms with E-state index in [2.05, 4.69) is 18.7 Å². The molecule has 20 heavy (non-hydrogen) atoms. The summed E-state index contributed by atoms with van der Waals surface area (Å²) >= 11 is 1.54. The van der Waals surface area contributed by atoms with Crippen molar-refractivity contribution >= 4 is 22.3 Å². The number of nitrogens with zero attached hydrogens (tertiary/aromatic N) is 1. The summed E-state index contributed by atoms with van der Waals surface area (Å²) in [5, 5.41) is 0.610. The van der Waals surface area contributed by atoms with Crippen molar-refractivity contribution in [3.63, 3.8) is 0 Å². The van der Waals surface area contributed by atoms with Crippen molar-refractivity contribution in [2.75, 3.05) is 25.4 Å². The van der Waals surface area contributed by atoms with Gasteiger partial charge in [0.25, 0.3) is 0 Å². The lowest BCUT2D eigenvalue weighted by molar-refractivity contribution is 0.0526. The van der Waals surface area contributed by atoms with E-state index in [0.29, 0.717) is 17.2 Å². The highest BCUT2D eigenvalue weighted by molar-refractivity contribution is 7.16. The Bertz CT molecular complexity index is 482. The van der Waals surface area contributed by atoms with Crippen LogP contribution in [-0.2, 0) is 17.7 Å². The molecule has 1 aromatic rings. The molecule has 0 radical (unpaired) electrons. The Morgan fingerprint density at radius 3 is 2.90 bits per heavy atom. The summed E-state index contributed by atoms with van der Waals surface area (Å²) in [7, 11) is 0. The zero-order chi connectivity index (χ0) is 14.7. The normalized spacial score (nSPS) is 15.4. The number of anilines is 1. The van der Waals surface area contributed by atoms with Gasteiger partial charge >= 0.3 is 5.97 Å². The summed E-state index contributed by atoms with van der Waals surface area (Å²) in [4.78, 5) is 15.7. The molecular weight excluding hydrogens is 272 g/mol. The van der Waals surface area contributed by atoms with E-state index < -0.39 is 0 Å². The third-order valence-corrected chi connectivity index (χ3v) is 4.71. The van der Waals surface area contributed by atoms with Crippen LogP contribution < -0.4 is 5.73 Å². The Balaban J connectivity index is 2.11. The largest absolute Gasteiger partial charge is 0.462 e. The standard InChI is InChI=1S/C15H24N2O2S/c1-4-19-15(18)13-11-6-8-17(7-5-10(2)3)9-12(11)20-14(13)16/h10H,4-9,16H2,1-3H3. The molecule has 0 spiro atoms. The number of carbonyl (C=O) groups is 1. The van der Waals surface area contributed by atoms with Crippen LogP contribution in [-0.4, -0.2) is 30.6 Å². The molecule has 5 heteroatoms. The van der Waals surface area contributed by atoms with Gasteiger partial charge in [0.15, 0.2) is 0 Å². The molecule has 1 aliphatic heterocycles. The van der Waals surface area contributed by atoms with Crippen LogP contribution in [0.15, 0.2) is 0 Å². The Morgan fingerprint density at radius 2 is 2.25 bits per heavy atom. The van der Waals surface area contributed by atoms with Crippen LogP contribution in [0.2, 0.25) is 0 Å². The van der Waals surface area contributed by atoms with Crippen LogP contribution in [0.4, 0.5) is 5.00 Å². The van der Waals surface area contributed by atoms with Gasteiger partial charge in [-0.05, 0) is 37.8 Å². The third kappa shape index (κ3) is 3.33. The zero-order valence-electron chi connectivity index (χ0n) is 12.6. The van der Waals surface area contributed by atoms with Gasteiger partial charge in [0.1, 0.15) is 5.00 Å². The molecule has 0 fully saturated rings. The van der Waals surface area contributed by atoms with Crippen LogP contribution in [0.3, 0.4) is 0 Å². The highest BCUT2D eigenvalue weighted by Crippen LogP contribution is 2.35. The van der Waals surface area contributed by atoms with E-state index in [1.54, 1.807) is 11.3 Å². The van der Waals surface area contributed by atoms with E-state index in [4.69, 9.17) is 10.5 Å². The Hall–Kier alpha value is -1.07. The molecule has 0 aliphatic carbocycles. The van der Waals surface area contributed by atoms with Gasteiger partial charge in [-0.25, -0.2) is 4.79 Å². The van der Waals surface area contributed by atoms with Crippen molar-refractivity contribution < 1.29 is 9.53 Å². The van der Waals surface area contributed by atoms with Crippen molar-refractivity contribution in [1.29, 1.82) is 0 Å². The molecule has 0 atom stereocenters. The molecule has 4 nitrogen and oxygen atoms in total. The molecule has 1 aliphatic rings. The summed E-state index contributed by atoms with van der Waals surface area (Å²) in [6.45, 7) is 9.74. The van der Waals surface area contributed by atoms with Crippen molar-refractivity contribution in [1.82, 2.24) is 4.90 Å². The molecule has 0 amide bonds. The summed E-state index contributed by atoms with van der Waals surface area (Å²) in [5.41, 5.74) is 7.76. The maximum atomic E-state index is 12.0. The number of hydrogen-bond donors (Lipinski definition) is 1. The monoisotopic (exact) mass is 296 g/mol. The minimum atomic E-state index is -0.266. The van der Waals surface area contributed by atoms with E-state index in [1.165, 1.54) is 11.3 Å². The van der Waals surface area contributed by atoms with Crippen LogP contribution in [0, 0.1) is 5.92 Å². The highest BCUT2D eigenvalue weighted by atomic mass is 32.1. The maximum Gasteiger partial charge on any atom is 0.341 e. The number of ether oxygens (including phenoxy) is 1. The zero-order valence-corrected chi connectivity index (χ0v) is 13.4. The number of rotatable bonds is 5. The number of carbonyl (C=O) groups excluding carboxylic acids is 1. The van der Waals surface area contributed by atoms with Gasteiger partial charge < -0.3 is 10.5 Å². The molecule has 0 saturated carbocycles. The van der Waals surface area contributed by atoms with Gasteiger partial charge in [-0.1, -0.05) is 13.8 Å². The minimum absolute atomic E-state index is 0.266. The Labute approximate surface area is 124 Å². The van der Waals surface area contributed by atoms with Gasteiger partial charge in [-0.3, -0.25) is 4.90 Å². The average Bonchev–Trinajstić information content (AvgIpc) is 2.71. The lowest BCUT2D eigenvalue weighted by atomic mass is 10.0. The van der Waals surface area contributed by atoms with Crippen molar-refractivity contribution in [3.8, 4) is 0 Å². The van der Waals surface area contributed by atoms with E-state index in [9.17, 15) is 4.79 Å². The summed E-state index contributed by atoms with van der Waals surface area (Å²) in [6, 6.07) is 0. The number of fused-ring (bicyclic) bond motifs is 1. The van der Waals surface area contributed by atoms with Crippen molar-refractivity contribution in [2.24, 2.45) is 5.92 Å². The molecule has 0 unspecified atom stereocenters. The predicted molar refractivity (Wildman–Crippen MR) is 83.1 cm³/mol. The number of nitrogens with two attached hydrogens (primary N) is 1. The fraction of sp³-hybridized carbons (Fsp3) is 0.667. The average molecular weight is 296 g/mol. The van der Waals surface area contributed by atoms with E-state index in [1.807, 2.05) is 6.92 Å². The molecule has 0 bridgehead atoms. The van der Waals surface area contributed by atoms with Crippen LogP contribution in [0.1, 0.15) is 48.0 Å². The number of esters is 1. The number of hydrogen-bond acceptors (Lipinski definition) is 5. The van der Waals surface area contributed by atoms with Gasteiger partial charge in [0.2, 0.25) is 0 Å². The molecule has 112 valence electrons. The minimum Gasteiger partial charge on any atom is -0.462 e. The quantitative estimate of drug-likeness (QED) is 0.849. The molecular formula is C15H24N2O2S. The SMILES string of the molecule is CCOC(=O)c1c(N)sc2c1CCN(CCC(C)C)C2. The summed E-state index contributed by atoms with van der Waals surface area (Å²) in [6.07, 6.45) is 2.11. The van der Waals surface area contributed by atoms with Gasteiger partial charge in [-0.15, -0.1) is 11.3 Å².